The molecule has 6 nitrogen and oxygen atoms in total. The van der Waals surface area contributed by atoms with Gasteiger partial charge in [0.05, 0.1) is 5.69 Å². The third kappa shape index (κ3) is 8.03. The lowest BCUT2D eigenvalue weighted by atomic mass is 10.1. The zero-order valence-electron chi connectivity index (χ0n) is 17.5. The van der Waals surface area contributed by atoms with Gasteiger partial charge in [-0.15, -0.1) is 0 Å². The topological polar surface area (TPSA) is 81.7 Å². The lowest BCUT2D eigenvalue weighted by Crippen LogP contribution is -2.32. The van der Waals surface area contributed by atoms with E-state index in [1.54, 1.807) is 0 Å². The summed E-state index contributed by atoms with van der Waals surface area (Å²) in [6.07, 6.45) is 4.18. The van der Waals surface area contributed by atoms with Gasteiger partial charge in [0.2, 0.25) is 0 Å². The first-order valence-corrected chi connectivity index (χ1v) is 11.1. The average molecular weight is 420 g/mol. The molecule has 1 amide bonds. The first-order chi connectivity index (χ1) is 13.8. The zero-order chi connectivity index (χ0) is 21.3. The Morgan fingerprint density at radius 2 is 1.69 bits per heavy atom. The molecule has 0 bridgehead atoms. The number of nitrogens with zero attached hydrogens (tertiary/aromatic N) is 1. The van der Waals surface area contributed by atoms with E-state index in [1.807, 2.05) is 63.2 Å². The second-order valence-corrected chi connectivity index (χ2v) is 8.89. The van der Waals surface area contributed by atoms with Crippen molar-refractivity contribution in [2.75, 3.05) is 17.4 Å². The van der Waals surface area contributed by atoms with Gasteiger partial charge in [-0.05, 0) is 45.1 Å². The average Bonchev–Trinajstić information content (AvgIpc) is 2.65. The summed E-state index contributed by atoms with van der Waals surface area (Å²) >= 11 is -2.31. The minimum atomic E-state index is -2.31. The van der Waals surface area contributed by atoms with Gasteiger partial charge in [0.15, 0.2) is 0 Å². The number of carbonyl (C=O) groups is 1. The molecule has 2 aromatic carbocycles. The number of rotatable bonds is 10. The van der Waals surface area contributed by atoms with E-state index in [0.717, 1.165) is 48.6 Å². The summed E-state index contributed by atoms with van der Waals surface area (Å²) in [5, 5.41) is 4.71. The van der Waals surface area contributed by atoms with Crippen LogP contribution in [0.4, 0.5) is 10.5 Å². The van der Waals surface area contributed by atoms with Gasteiger partial charge in [-0.3, -0.25) is 4.21 Å². The van der Waals surface area contributed by atoms with Gasteiger partial charge in [-0.2, -0.15) is 0 Å². The van der Waals surface area contributed by atoms with E-state index in [0.29, 0.717) is 13.1 Å². The van der Waals surface area contributed by atoms with Gasteiger partial charge in [-0.1, -0.05) is 55.7 Å². The molecule has 1 unspecified atom stereocenters. The maximum Gasteiger partial charge on any atom is 0.407 e. The summed E-state index contributed by atoms with van der Waals surface area (Å²) in [5.41, 5.74) is 0.236. The molecule has 0 aliphatic rings. The van der Waals surface area contributed by atoms with Gasteiger partial charge in [0.1, 0.15) is 5.60 Å². The molecule has 0 radical (unpaired) electrons. The van der Waals surface area contributed by atoms with E-state index < -0.39 is 16.9 Å². The number of nitrogens with one attached hydrogen (secondary N) is 1. The fourth-order valence-corrected chi connectivity index (χ4v) is 3.71. The molecular formula is C22H31N2O4S-. The van der Waals surface area contributed by atoms with Crippen LogP contribution < -0.4 is 9.62 Å². The Labute approximate surface area is 176 Å². The predicted molar refractivity (Wildman–Crippen MR) is 118 cm³/mol. The highest BCUT2D eigenvalue weighted by Crippen LogP contribution is 2.27. The van der Waals surface area contributed by atoms with Crippen molar-refractivity contribution in [3.63, 3.8) is 0 Å². The molecule has 0 aromatic heterocycles. The lowest BCUT2D eigenvalue weighted by Gasteiger charge is -2.27. The Morgan fingerprint density at radius 3 is 2.41 bits per heavy atom. The summed E-state index contributed by atoms with van der Waals surface area (Å²) in [4.78, 5) is 11.6. The number of anilines is 1. The number of hydrogen-bond donors (Lipinski definition) is 1. The Morgan fingerprint density at radius 1 is 1.03 bits per heavy atom. The van der Waals surface area contributed by atoms with Crippen LogP contribution in [0.5, 0.6) is 0 Å². The molecule has 29 heavy (non-hydrogen) atoms. The molecule has 0 aliphatic carbocycles. The molecule has 7 heteroatoms. The molecule has 0 saturated heterocycles. The van der Waals surface area contributed by atoms with Crippen molar-refractivity contribution < 1.29 is 18.3 Å². The van der Waals surface area contributed by atoms with E-state index in [1.165, 1.54) is 4.31 Å². The van der Waals surface area contributed by atoms with Crippen LogP contribution in [0, 0.1) is 0 Å². The van der Waals surface area contributed by atoms with Crippen LogP contribution in [-0.4, -0.2) is 33.5 Å². The van der Waals surface area contributed by atoms with Crippen molar-refractivity contribution in [2.45, 2.75) is 58.5 Å². The van der Waals surface area contributed by atoms with Crippen LogP contribution in [-0.2, 0) is 16.0 Å². The summed E-state index contributed by atoms with van der Waals surface area (Å²) in [7, 11) is 0. The molecule has 0 aliphatic heterocycles. The van der Waals surface area contributed by atoms with Crippen LogP contribution in [0.25, 0.3) is 10.8 Å². The molecule has 0 saturated carbocycles. The third-order valence-electron chi connectivity index (χ3n) is 4.42. The summed E-state index contributed by atoms with van der Waals surface area (Å²) < 4.78 is 30.2. The van der Waals surface area contributed by atoms with Gasteiger partial charge in [0, 0.05) is 29.7 Å². The third-order valence-corrected chi connectivity index (χ3v) is 5.16. The second kappa shape index (κ2) is 11.2. The van der Waals surface area contributed by atoms with Gasteiger partial charge >= 0.3 is 6.09 Å². The van der Waals surface area contributed by atoms with Crippen molar-refractivity contribution in [3.8, 4) is 0 Å². The largest absolute Gasteiger partial charge is 0.755 e. The highest BCUT2D eigenvalue weighted by molar-refractivity contribution is 7.80. The number of fused-ring (bicyclic) bond motifs is 1. The number of hydrogen-bond acceptors (Lipinski definition) is 4. The summed E-state index contributed by atoms with van der Waals surface area (Å²) in [6.45, 7) is 6.55. The lowest BCUT2D eigenvalue weighted by molar-refractivity contribution is 0.0527. The van der Waals surface area contributed by atoms with Crippen LogP contribution in [0.15, 0.2) is 42.5 Å². The summed E-state index contributed by atoms with van der Waals surface area (Å²) in [6, 6.07) is 13.5. The van der Waals surface area contributed by atoms with Crippen LogP contribution >= 0.6 is 0 Å². The number of carbonyl (C=O) groups excluding carboxylic acids is 1. The molecule has 0 heterocycles. The predicted octanol–water partition coefficient (Wildman–Crippen LogP) is 4.92. The quantitative estimate of drug-likeness (QED) is 0.438. The molecule has 2 rings (SSSR count). The Bertz CT molecular complexity index is 815. The van der Waals surface area contributed by atoms with Crippen LogP contribution in [0.2, 0.25) is 0 Å². The summed E-state index contributed by atoms with van der Waals surface area (Å²) in [5.74, 6) is 0. The second-order valence-electron chi connectivity index (χ2n) is 8.01. The fourth-order valence-electron chi connectivity index (χ4n) is 3.12. The molecule has 1 N–H and O–H groups in total. The van der Waals surface area contributed by atoms with E-state index in [2.05, 4.69) is 5.32 Å². The zero-order valence-corrected chi connectivity index (χ0v) is 18.3. The van der Waals surface area contributed by atoms with Gasteiger partial charge in [-0.25, -0.2) is 4.79 Å². The fraction of sp³-hybridized carbons (Fsp3) is 0.500. The van der Waals surface area contributed by atoms with Crippen molar-refractivity contribution >= 4 is 33.8 Å². The molecule has 2 aromatic rings. The van der Waals surface area contributed by atoms with Crippen molar-refractivity contribution in [1.82, 2.24) is 5.32 Å². The van der Waals surface area contributed by atoms with Crippen LogP contribution in [0.1, 0.15) is 52.9 Å². The monoisotopic (exact) mass is 419 g/mol. The number of benzene rings is 2. The van der Waals surface area contributed by atoms with E-state index in [-0.39, 0.29) is 6.09 Å². The highest BCUT2D eigenvalue weighted by atomic mass is 32.2. The van der Waals surface area contributed by atoms with Gasteiger partial charge < -0.3 is 18.9 Å². The SMILES string of the molecule is CC(C)(C)OC(=O)NCCCCCCCN(c1cccc2ccccc12)S(=O)[O-]. The maximum atomic E-state index is 11.8. The van der Waals surface area contributed by atoms with Crippen LogP contribution in [0.3, 0.4) is 0 Å². The molecule has 0 fully saturated rings. The smallest absolute Gasteiger partial charge is 0.407 e. The molecule has 0 spiro atoms. The molecular weight excluding hydrogens is 388 g/mol. The normalized spacial score (nSPS) is 12.6. The Kier molecular flexibility index (Phi) is 8.92. The Balaban J connectivity index is 1.72. The standard InChI is InChI=1S/C22H32N2O4S/c1-22(2,3)28-21(25)23-16-9-5-4-6-10-17-24(29(26)27)20-15-11-13-18-12-7-8-14-19(18)20/h7-8,11-15H,4-6,9-10,16-17H2,1-3H3,(H,23,25)(H,26,27)/p-1. The maximum absolute atomic E-state index is 11.8. The van der Waals surface area contributed by atoms with Crippen molar-refractivity contribution in [3.05, 3.63) is 42.5 Å². The molecule has 1 atom stereocenters. The molecule has 160 valence electrons. The number of alkyl carbamates (subject to hydrolysis) is 1. The Hall–Kier alpha value is -2.12. The minimum absolute atomic E-state index is 0.388. The van der Waals surface area contributed by atoms with E-state index in [4.69, 9.17) is 4.74 Å². The first-order valence-electron chi connectivity index (χ1n) is 10.1. The number of ether oxygens (including phenoxy) is 1. The van der Waals surface area contributed by atoms with Crippen molar-refractivity contribution in [2.24, 2.45) is 0 Å². The first kappa shape index (κ1) is 23.2. The number of amides is 1. The van der Waals surface area contributed by atoms with Gasteiger partial charge in [0.25, 0.3) is 0 Å². The van der Waals surface area contributed by atoms with E-state index in [9.17, 15) is 13.6 Å². The minimum Gasteiger partial charge on any atom is -0.755 e. The number of unbranched alkanes of at least 4 members (excludes halogenated alkanes) is 4. The van der Waals surface area contributed by atoms with Crippen molar-refractivity contribution in [1.29, 1.82) is 0 Å². The highest BCUT2D eigenvalue weighted by Gasteiger charge is 2.15. The van der Waals surface area contributed by atoms with E-state index >= 15 is 0 Å².